The van der Waals surface area contributed by atoms with Crippen LogP contribution in [0.15, 0.2) is 29.6 Å². The Bertz CT molecular complexity index is 709. The lowest BCUT2D eigenvalue weighted by molar-refractivity contribution is 0.0531. The zero-order valence-corrected chi connectivity index (χ0v) is 15.8. The predicted molar refractivity (Wildman–Crippen MR) is 101 cm³/mol. The average molecular weight is 361 g/mol. The molecule has 3 nitrogen and oxygen atoms in total. The molecule has 1 amide bonds. The highest BCUT2D eigenvalue weighted by Crippen LogP contribution is 2.40. The van der Waals surface area contributed by atoms with Gasteiger partial charge in [0.05, 0.1) is 4.88 Å². The van der Waals surface area contributed by atoms with E-state index in [1.807, 2.05) is 28.8 Å². The van der Waals surface area contributed by atoms with Crippen molar-refractivity contribution in [1.82, 2.24) is 9.80 Å². The molecule has 5 heteroatoms. The number of carbonyl (C=O) groups excluding carboxylic acids is 1. The first-order valence-corrected chi connectivity index (χ1v) is 10.4. The summed E-state index contributed by atoms with van der Waals surface area (Å²) >= 11 is 3.47. The third kappa shape index (κ3) is 3.30. The van der Waals surface area contributed by atoms with Crippen molar-refractivity contribution in [3.8, 4) is 0 Å². The molecule has 0 N–H and O–H groups in total. The summed E-state index contributed by atoms with van der Waals surface area (Å²) in [6.07, 6.45) is 3.63. The molecule has 4 heterocycles. The number of hydrogen-bond donors (Lipinski definition) is 0. The van der Waals surface area contributed by atoms with Gasteiger partial charge in [0.2, 0.25) is 0 Å². The van der Waals surface area contributed by atoms with Crippen molar-refractivity contribution < 1.29 is 4.79 Å². The normalized spacial score (nSPS) is 24.8. The first kappa shape index (κ1) is 16.3. The standard InChI is InChI=1S/C19H24N2OS2/c1-15-5-6-16(24-15)12-20-10-8-19(13-20)7-3-9-21(14-19)18(22)17-4-2-11-23-17/h2,4-6,11H,3,7-10,12-14H2,1H3. The molecule has 1 unspecified atom stereocenters. The molecule has 1 spiro atoms. The molecule has 2 aliphatic rings. The van der Waals surface area contributed by atoms with Gasteiger partial charge in [-0.25, -0.2) is 0 Å². The van der Waals surface area contributed by atoms with Gasteiger partial charge in [0.25, 0.3) is 5.91 Å². The second-order valence-electron chi connectivity index (χ2n) is 7.28. The zero-order valence-electron chi connectivity index (χ0n) is 14.2. The molecule has 4 rings (SSSR count). The number of rotatable bonds is 3. The Balaban J connectivity index is 1.41. The van der Waals surface area contributed by atoms with E-state index in [0.29, 0.717) is 5.41 Å². The molecule has 2 aromatic rings. The molecule has 0 radical (unpaired) electrons. The van der Waals surface area contributed by atoms with E-state index in [2.05, 4.69) is 28.9 Å². The van der Waals surface area contributed by atoms with Gasteiger partial charge in [0, 0.05) is 41.3 Å². The number of likely N-dealkylation sites (tertiary alicyclic amines) is 2. The van der Waals surface area contributed by atoms with Crippen LogP contribution < -0.4 is 0 Å². The van der Waals surface area contributed by atoms with Gasteiger partial charge in [-0.3, -0.25) is 9.69 Å². The Hall–Kier alpha value is -1.17. The minimum Gasteiger partial charge on any atom is -0.337 e. The number of carbonyl (C=O) groups is 1. The van der Waals surface area contributed by atoms with Crippen LogP contribution in [0, 0.1) is 12.3 Å². The fourth-order valence-electron chi connectivity index (χ4n) is 4.22. The Kier molecular flexibility index (Phi) is 4.50. The Morgan fingerprint density at radius 2 is 2.12 bits per heavy atom. The molecule has 2 aliphatic heterocycles. The van der Waals surface area contributed by atoms with E-state index in [9.17, 15) is 4.79 Å². The molecule has 1 atom stereocenters. The van der Waals surface area contributed by atoms with E-state index in [0.717, 1.165) is 44.0 Å². The molecular weight excluding hydrogens is 336 g/mol. The van der Waals surface area contributed by atoms with Crippen LogP contribution >= 0.6 is 22.7 Å². The van der Waals surface area contributed by atoms with Crippen molar-refractivity contribution in [3.05, 3.63) is 44.3 Å². The second kappa shape index (κ2) is 6.62. The Morgan fingerprint density at radius 1 is 1.21 bits per heavy atom. The van der Waals surface area contributed by atoms with Crippen molar-refractivity contribution in [3.63, 3.8) is 0 Å². The van der Waals surface area contributed by atoms with Gasteiger partial charge in [-0.15, -0.1) is 22.7 Å². The van der Waals surface area contributed by atoms with Crippen LogP contribution in [0.5, 0.6) is 0 Å². The molecule has 2 saturated heterocycles. The van der Waals surface area contributed by atoms with Crippen LogP contribution in [0.2, 0.25) is 0 Å². The molecular formula is C19H24N2OS2. The number of aryl methyl sites for hydroxylation is 1. The minimum atomic E-state index is 0.233. The summed E-state index contributed by atoms with van der Waals surface area (Å²) in [5.41, 5.74) is 0.317. The first-order chi connectivity index (χ1) is 11.6. The third-order valence-corrected chi connectivity index (χ3v) is 7.22. The van der Waals surface area contributed by atoms with E-state index in [4.69, 9.17) is 0 Å². The van der Waals surface area contributed by atoms with E-state index in [-0.39, 0.29) is 5.91 Å². The predicted octanol–water partition coefficient (Wildman–Crippen LogP) is 4.25. The van der Waals surface area contributed by atoms with Crippen molar-refractivity contribution in [2.75, 3.05) is 26.2 Å². The molecule has 2 fully saturated rings. The zero-order chi connectivity index (χ0) is 16.6. The van der Waals surface area contributed by atoms with E-state index < -0.39 is 0 Å². The fraction of sp³-hybridized carbons (Fsp3) is 0.526. The Morgan fingerprint density at radius 3 is 2.88 bits per heavy atom. The number of nitrogens with zero attached hydrogens (tertiary/aromatic N) is 2. The molecule has 0 aliphatic carbocycles. The van der Waals surface area contributed by atoms with Gasteiger partial charge in [0.1, 0.15) is 0 Å². The summed E-state index contributed by atoms with van der Waals surface area (Å²) in [6.45, 7) is 7.40. The van der Waals surface area contributed by atoms with Crippen molar-refractivity contribution in [2.45, 2.75) is 32.7 Å². The monoisotopic (exact) mass is 360 g/mol. The van der Waals surface area contributed by atoms with Crippen molar-refractivity contribution >= 4 is 28.6 Å². The molecule has 0 bridgehead atoms. The summed E-state index contributed by atoms with van der Waals surface area (Å²) in [5, 5.41) is 1.99. The lowest BCUT2D eigenvalue weighted by atomic mass is 9.79. The Labute approximate surface area is 151 Å². The number of hydrogen-bond acceptors (Lipinski definition) is 4. The lowest BCUT2D eigenvalue weighted by Gasteiger charge is -2.40. The summed E-state index contributed by atoms with van der Waals surface area (Å²) in [7, 11) is 0. The van der Waals surface area contributed by atoms with Crippen LogP contribution in [0.4, 0.5) is 0 Å². The highest BCUT2D eigenvalue weighted by molar-refractivity contribution is 7.12. The first-order valence-electron chi connectivity index (χ1n) is 8.74. The van der Waals surface area contributed by atoms with Crippen LogP contribution in [0.25, 0.3) is 0 Å². The van der Waals surface area contributed by atoms with Gasteiger partial charge < -0.3 is 4.90 Å². The minimum absolute atomic E-state index is 0.233. The summed E-state index contributed by atoms with van der Waals surface area (Å²) in [6, 6.07) is 8.40. The molecule has 24 heavy (non-hydrogen) atoms. The highest BCUT2D eigenvalue weighted by atomic mass is 32.1. The van der Waals surface area contributed by atoms with Gasteiger partial charge in [-0.05, 0) is 56.3 Å². The van der Waals surface area contributed by atoms with Crippen LogP contribution in [-0.2, 0) is 6.54 Å². The number of thiophene rings is 2. The van der Waals surface area contributed by atoms with Crippen molar-refractivity contribution in [2.24, 2.45) is 5.41 Å². The lowest BCUT2D eigenvalue weighted by Crippen LogP contribution is -2.47. The maximum Gasteiger partial charge on any atom is 0.263 e. The summed E-state index contributed by atoms with van der Waals surface area (Å²) in [5.74, 6) is 0.233. The van der Waals surface area contributed by atoms with Gasteiger partial charge >= 0.3 is 0 Å². The number of amides is 1. The third-order valence-electron chi connectivity index (χ3n) is 5.37. The van der Waals surface area contributed by atoms with Gasteiger partial charge in [0.15, 0.2) is 0 Å². The highest BCUT2D eigenvalue weighted by Gasteiger charge is 2.42. The quantitative estimate of drug-likeness (QED) is 0.817. The van der Waals surface area contributed by atoms with Crippen LogP contribution in [-0.4, -0.2) is 41.9 Å². The van der Waals surface area contributed by atoms with Gasteiger partial charge in [-0.1, -0.05) is 6.07 Å². The smallest absolute Gasteiger partial charge is 0.263 e. The van der Waals surface area contributed by atoms with Crippen LogP contribution in [0.3, 0.4) is 0 Å². The molecule has 128 valence electrons. The van der Waals surface area contributed by atoms with Crippen LogP contribution in [0.1, 0.15) is 38.7 Å². The summed E-state index contributed by atoms with van der Waals surface area (Å²) < 4.78 is 0. The molecule has 0 aromatic carbocycles. The maximum absolute atomic E-state index is 12.7. The van der Waals surface area contributed by atoms with Crippen molar-refractivity contribution in [1.29, 1.82) is 0 Å². The van der Waals surface area contributed by atoms with E-state index in [1.54, 1.807) is 11.3 Å². The molecule has 0 saturated carbocycles. The van der Waals surface area contributed by atoms with Gasteiger partial charge in [-0.2, -0.15) is 0 Å². The topological polar surface area (TPSA) is 23.6 Å². The second-order valence-corrected chi connectivity index (χ2v) is 9.60. The SMILES string of the molecule is Cc1ccc(CN2CCC3(CCCN(C(=O)c4cccs4)C3)C2)s1. The fourth-order valence-corrected chi connectivity index (χ4v) is 5.85. The van der Waals surface area contributed by atoms with E-state index in [1.165, 1.54) is 22.6 Å². The van der Waals surface area contributed by atoms with E-state index >= 15 is 0 Å². The number of piperidine rings is 1. The average Bonchev–Trinajstić information content (AvgIpc) is 3.30. The largest absolute Gasteiger partial charge is 0.337 e. The molecule has 2 aromatic heterocycles. The maximum atomic E-state index is 12.7. The summed E-state index contributed by atoms with van der Waals surface area (Å²) in [4.78, 5) is 21.1.